The molecule has 0 aliphatic carbocycles. The highest BCUT2D eigenvalue weighted by molar-refractivity contribution is 5.39. The molecular weight excluding hydrogens is 188 g/mol. The standard InChI is InChI=1S/C13H16O2/c1-10-2-4-12-8-11(6-7-14)3-5-13(12)15-9-10/h3,5,8,14H,1-2,4,6-7,9H2. The number of aryl methyl sites for hydroxylation is 1. The first-order valence-electron chi connectivity index (χ1n) is 5.31. The first kappa shape index (κ1) is 10.2. The minimum absolute atomic E-state index is 0.201. The van der Waals surface area contributed by atoms with Crippen molar-refractivity contribution in [1.29, 1.82) is 0 Å². The number of aliphatic hydroxyl groups excluding tert-OH is 1. The number of benzene rings is 1. The van der Waals surface area contributed by atoms with E-state index in [1.807, 2.05) is 12.1 Å². The van der Waals surface area contributed by atoms with Crippen LogP contribution in [0.5, 0.6) is 5.75 Å². The summed E-state index contributed by atoms with van der Waals surface area (Å²) >= 11 is 0. The summed E-state index contributed by atoms with van der Waals surface area (Å²) in [5.74, 6) is 0.968. The first-order valence-corrected chi connectivity index (χ1v) is 5.31. The van der Waals surface area contributed by atoms with E-state index >= 15 is 0 Å². The van der Waals surface area contributed by atoms with Crippen molar-refractivity contribution in [2.75, 3.05) is 13.2 Å². The largest absolute Gasteiger partial charge is 0.489 e. The normalized spacial score (nSPS) is 15.4. The minimum atomic E-state index is 0.201. The molecule has 1 heterocycles. The van der Waals surface area contributed by atoms with Crippen LogP contribution in [0.1, 0.15) is 17.5 Å². The lowest BCUT2D eigenvalue weighted by Crippen LogP contribution is -1.98. The Hall–Kier alpha value is -1.28. The van der Waals surface area contributed by atoms with Crippen LogP contribution in [0.4, 0.5) is 0 Å². The second-order valence-electron chi connectivity index (χ2n) is 3.95. The van der Waals surface area contributed by atoms with Gasteiger partial charge in [-0.3, -0.25) is 0 Å². The lowest BCUT2D eigenvalue weighted by Gasteiger charge is -2.08. The quantitative estimate of drug-likeness (QED) is 0.747. The maximum absolute atomic E-state index is 8.88. The Kier molecular flexibility index (Phi) is 3.07. The van der Waals surface area contributed by atoms with E-state index in [0.717, 1.165) is 24.2 Å². The molecule has 80 valence electrons. The van der Waals surface area contributed by atoms with Gasteiger partial charge in [0.15, 0.2) is 0 Å². The Bertz CT molecular complexity index is 369. The summed E-state index contributed by atoms with van der Waals surface area (Å²) in [6.45, 7) is 4.78. The number of rotatable bonds is 2. The van der Waals surface area contributed by atoms with Gasteiger partial charge in [-0.2, -0.15) is 0 Å². The van der Waals surface area contributed by atoms with Gasteiger partial charge < -0.3 is 9.84 Å². The third-order valence-electron chi connectivity index (χ3n) is 2.71. The molecule has 1 aromatic rings. The van der Waals surface area contributed by atoms with E-state index in [0.29, 0.717) is 13.0 Å². The van der Waals surface area contributed by atoms with Crippen molar-refractivity contribution in [3.63, 3.8) is 0 Å². The zero-order valence-corrected chi connectivity index (χ0v) is 8.83. The van der Waals surface area contributed by atoms with Crippen LogP contribution in [0.15, 0.2) is 30.4 Å². The van der Waals surface area contributed by atoms with Gasteiger partial charge in [0.05, 0.1) is 0 Å². The lowest BCUT2D eigenvalue weighted by molar-refractivity contribution is 0.299. The van der Waals surface area contributed by atoms with Crippen molar-refractivity contribution in [3.8, 4) is 5.75 Å². The summed E-state index contributed by atoms with van der Waals surface area (Å²) in [6.07, 6.45) is 2.71. The van der Waals surface area contributed by atoms with Gasteiger partial charge in [0.1, 0.15) is 12.4 Å². The molecule has 1 aliphatic rings. The maximum atomic E-state index is 8.88. The molecule has 0 spiro atoms. The van der Waals surface area contributed by atoms with E-state index in [1.165, 1.54) is 11.1 Å². The molecule has 0 atom stereocenters. The monoisotopic (exact) mass is 204 g/mol. The van der Waals surface area contributed by atoms with Gasteiger partial charge in [0.25, 0.3) is 0 Å². The van der Waals surface area contributed by atoms with Crippen LogP contribution < -0.4 is 4.74 Å². The van der Waals surface area contributed by atoms with Crippen LogP contribution in [0.2, 0.25) is 0 Å². The predicted molar refractivity (Wildman–Crippen MR) is 60.2 cm³/mol. The third kappa shape index (κ3) is 2.39. The van der Waals surface area contributed by atoms with Crippen LogP contribution >= 0.6 is 0 Å². The summed E-state index contributed by atoms with van der Waals surface area (Å²) in [4.78, 5) is 0. The van der Waals surface area contributed by atoms with E-state index in [9.17, 15) is 0 Å². The Balaban J connectivity index is 2.24. The maximum Gasteiger partial charge on any atom is 0.123 e. The Labute approximate surface area is 90.2 Å². The zero-order valence-electron chi connectivity index (χ0n) is 8.83. The molecule has 0 unspecified atom stereocenters. The van der Waals surface area contributed by atoms with Gasteiger partial charge in [-0.15, -0.1) is 0 Å². The van der Waals surface area contributed by atoms with Crippen LogP contribution in [0.3, 0.4) is 0 Å². The number of ether oxygens (including phenoxy) is 1. The molecule has 2 rings (SSSR count). The molecule has 2 nitrogen and oxygen atoms in total. The smallest absolute Gasteiger partial charge is 0.123 e. The van der Waals surface area contributed by atoms with Crippen LogP contribution in [0, 0.1) is 0 Å². The van der Waals surface area contributed by atoms with Gasteiger partial charge >= 0.3 is 0 Å². The highest BCUT2D eigenvalue weighted by Gasteiger charge is 2.10. The van der Waals surface area contributed by atoms with Crippen molar-refractivity contribution < 1.29 is 9.84 Å². The van der Waals surface area contributed by atoms with Crippen molar-refractivity contribution >= 4 is 0 Å². The van der Waals surface area contributed by atoms with Crippen molar-refractivity contribution in [2.45, 2.75) is 19.3 Å². The van der Waals surface area contributed by atoms with E-state index < -0.39 is 0 Å². The molecule has 1 aromatic carbocycles. The van der Waals surface area contributed by atoms with Crippen LogP contribution in [-0.2, 0) is 12.8 Å². The average Bonchev–Trinajstić information content (AvgIpc) is 2.42. The molecular formula is C13H16O2. The highest BCUT2D eigenvalue weighted by atomic mass is 16.5. The molecule has 0 fully saturated rings. The van der Waals surface area contributed by atoms with E-state index in [-0.39, 0.29) is 6.61 Å². The fourth-order valence-corrected chi connectivity index (χ4v) is 1.82. The summed E-state index contributed by atoms with van der Waals surface area (Å²) < 4.78 is 5.63. The third-order valence-corrected chi connectivity index (χ3v) is 2.71. The fraction of sp³-hybridized carbons (Fsp3) is 0.385. The SMILES string of the molecule is C=C1CCc2cc(CCO)ccc2OC1. The van der Waals surface area contributed by atoms with E-state index in [4.69, 9.17) is 9.84 Å². The van der Waals surface area contributed by atoms with Crippen LogP contribution in [-0.4, -0.2) is 18.3 Å². The van der Waals surface area contributed by atoms with Crippen LogP contribution in [0.25, 0.3) is 0 Å². The number of hydrogen-bond acceptors (Lipinski definition) is 2. The minimum Gasteiger partial charge on any atom is -0.489 e. The molecule has 0 aromatic heterocycles. The van der Waals surface area contributed by atoms with E-state index in [2.05, 4.69) is 12.6 Å². The first-order chi connectivity index (χ1) is 7.29. The molecule has 0 amide bonds. The molecule has 15 heavy (non-hydrogen) atoms. The van der Waals surface area contributed by atoms with E-state index in [1.54, 1.807) is 0 Å². The number of hydrogen-bond donors (Lipinski definition) is 1. The summed E-state index contributed by atoms with van der Waals surface area (Å²) in [5.41, 5.74) is 3.56. The highest BCUT2D eigenvalue weighted by Crippen LogP contribution is 2.26. The molecule has 0 bridgehead atoms. The zero-order chi connectivity index (χ0) is 10.7. The fourth-order valence-electron chi connectivity index (χ4n) is 1.82. The number of fused-ring (bicyclic) bond motifs is 1. The Morgan fingerprint density at radius 1 is 1.33 bits per heavy atom. The molecule has 0 saturated carbocycles. The second-order valence-corrected chi connectivity index (χ2v) is 3.95. The topological polar surface area (TPSA) is 29.5 Å². The molecule has 1 aliphatic heterocycles. The summed E-state index contributed by atoms with van der Waals surface area (Å²) in [6, 6.07) is 6.15. The molecule has 1 N–H and O–H groups in total. The van der Waals surface area contributed by atoms with Crippen molar-refractivity contribution in [3.05, 3.63) is 41.5 Å². The van der Waals surface area contributed by atoms with Gasteiger partial charge in [-0.1, -0.05) is 18.7 Å². The van der Waals surface area contributed by atoms with Gasteiger partial charge in [0, 0.05) is 6.61 Å². The Morgan fingerprint density at radius 2 is 2.20 bits per heavy atom. The lowest BCUT2D eigenvalue weighted by atomic mass is 10.0. The van der Waals surface area contributed by atoms with Gasteiger partial charge in [0.2, 0.25) is 0 Å². The number of aliphatic hydroxyl groups is 1. The average molecular weight is 204 g/mol. The molecule has 2 heteroatoms. The van der Waals surface area contributed by atoms with Crippen molar-refractivity contribution in [2.24, 2.45) is 0 Å². The summed E-state index contributed by atoms with van der Waals surface area (Å²) in [7, 11) is 0. The predicted octanol–water partition coefficient (Wildman–Crippen LogP) is 2.10. The second kappa shape index (κ2) is 4.49. The van der Waals surface area contributed by atoms with Crippen molar-refractivity contribution in [1.82, 2.24) is 0 Å². The molecule has 0 saturated heterocycles. The Morgan fingerprint density at radius 3 is 3.00 bits per heavy atom. The molecule has 0 radical (unpaired) electrons. The summed E-state index contributed by atoms with van der Waals surface area (Å²) in [5, 5.41) is 8.88. The van der Waals surface area contributed by atoms with Gasteiger partial charge in [-0.05, 0) is 42.0 Å². The van der Waals surface area contributed by atoms with Gasteiger partial charge in [-0.25, -0.2) is 0 Å².